The summed E-state index contributed by atoms with van der Waals surface area (Å²) in [5.41, 5.74) is 10.1. The number of hydrogen-bond acceptors (Lipinski definition) is 6. The minimum atomic E-state index is -0.693. The molecule has 2 amide bonds. The Balaban J connectivity index is 1.24. The average Bonchev–Trinajstić information content (AvgIpc) is 3.87. The topological polar surface area (TPSA) is 110 Å². The lowest BCUT2D eigenvalue weighted by atomic mass is 9.80. The van der Waals surface area contributed by atoms with Gasteiger partial charge in [0.05, 0.1) is 30.7 Å². The fourth-order valence-corrected chi connectivity index (χ4v) is 6.61. The molecule has 3 heterocycles. The lowest BCUT2D eigenvalue weighted by Crippen LogP contribution is -2.52. The first-order valence-electron chi connectivity index (χ1n) is 15.3. The van der Waals surface area contributed by atoms with Gasteiger partial charge < -0.3 is 15.8 Å². The summed E-state index contributed by atoms with van der Waals surface area (Å²) < 4.78 is 5.78. The molecule has 3 N–H and O–H groups in total. The fraction of sp³-hybridized carbons (Fsp3) is 0.278. The normalized spacial score (nSPS) is 21.9. The van der Waals surface area contributed by atoms with Gasteiger partial charge in [0, 0.05) is 29.9 Å². The number of rotatable bonds is 8. The predicted molar refractivity (Wildman–Crippen MR) is 168 cm³/mol. The van der Waals surface area contributed by atoms with Crippen molar-refractivity contribution >= 4 is 17.8 Å². The van der Waals surface area contributed by atoms with E-state index in [1.165, 1.54) is 0 Å². The van der Waals surface area contributed by atoms with Crippen LogP contribution >= 0.6 is 0 Å². The molecule has 2 aliphatic heterocycles. The number of carbonyl (C=O) groups is 2. The van der Waals surface area contributed by atoms with E-state index in [9.17, 15) is 9.59 Å². The van der Waals surface area contributed by atoms with E-state index in [0.29, 0.717) is 24.5 Å². The molecule has 8 nitrogen and oxygen atoms in total. The standard InChI is InChI=1S/C36H35N5O3/c37-35-40-36(21-24-15-16-24,28-11-2-1-3-12-28)22-32(42)41(35)33(27-10-7-18-38-23-27)25-8-6-9-26(20-25)34(43)39-30-17-19-44-31-14-5-4-13-29(30)31/h1-14,18,20,23-24,30,33H,15-17,19,21-22H2,(H2,37,40)(H,39,43)/t30-,33-,36+/m0/s1. The van der Waals surface area contributed by atoms with Gasteiger partial charge in [0.1, 0.15) is 5.75 Å². The summed E-state index contributed by atoms with van der Waals surface area (Å²) in [7, 11) is 0. The molecular formula is C36H35N5O3. The quantitative estimate of drug-likeness (QED) is 0.277. The van der Waals surface area contributed by atoms with Crippen LogP contribution in [0.1, 0.15) is 76.8 Å². The molecule has 0 saturated heterocycles. The molecule has 3 atom stereocenters. The van der Waals surface area contributed by atoms with E-state index < -0.39 is 11.6 Å². The van der Waals surface area contributed by atoms with E-state index in [1.807, 2.05) is 84.9 Å². The first-order valence-corrected chi connectivity index (χ1v) is 15.3. The van der Waals surface area contributed by atoms with Crippen molar-refractivity contribution in [3.05, 3.63) is 131 Å². The molecule has 3 aromatic carbocycles. The van der Waals surface area contributed by atoms with Gasteiger partial charge in [-0.25, -0.2) is 4.99 Å². The van der Waals surface area contributed by atoms with Gasteiger partial charge >= 0.3 is 0 Å². The number of ether oxygens (including phenoxy) is 1. The van der Waals surface area contributed by atoms with Crippen LogP contribution in [0.25, 0.3) is 0 Å². The average molecular weight is 586 g/mol. The summed E-state index contributed by atoms with van der Waals surface area (Å²) in [5, 5.41) is 3.19. The van der Waals surface area contributed by atoms with Crippen LogP contribution in [0, 0.1) is 5.92 Å². The number of amides is 2. The zero-order chi connectivity index (χ0) is 30.1. The van der Waals surface area contributed by atoms with Crippen molar-refractivity contribution in [1.82, 2.24) is 15.2 Å². The van der Waals surface area contributed by atoms with Crippen LogP contribution < -0.4 is 15.8 Å². The Morgan fingerprint density at radius 3 is 2.55 bits per heavy atom. The number of aliphatic imine (C=N–C) groups is 1. The summed E-state index contributed by atoms with van der Waals surface area (Å²) in [6.45, 7) is 0.534. The minimum absolute atomic E-state index is 0.107. The van der Waals surface area contributed by atoms with E-state index in [-0.39, 0.29) is 30.2 Å². The van der Waals surface area contributed by atoms with Crippen LogP contribution in [0.5, 0.6) is 5.75 Å². The van der Waals surface area contributed by atoms with Gasteiger partial charge in [0.2, 0.25) is 5.91 Å². The molecule has 1 saturated carbocycles. The van der Waals surface area contributed by atoms with E-state index in [0.717, 1.165) is 47.3 Å². The molecule has 0 unspecified atom stereocenters. The zero-order valence-corrected chi connectivity index (χ0v) is 24.4. The van der Waals surface area contributed by atoms with Crippen molar-refractivity contribution in [3.8, 4) is 5.75 Å². The maximum absolute atomic E-state index is 14.2. The number of para-hydroxylation sites is 1. The Hall–Kier alpha value is -4.98. The molecular weight excluding hydrogens is 550 g/mol. The van der Waals surface area contributed by atoms with Gasteiger partial charge in [-0.15, -0.1) is 0 Å². The summed E-state index contributed by atoms with van der Waals surface area (Å²) >= 11 is 0. The van der Waals surface area contributed by atoms with E-state index >= 15 is 0 Å². The molecule has 1 aromatic heterocycles. The molecule has 8 heteroatoms. The molecule has 0 bridgehead atoms. The van der Waals surface area contributed by atoms with Crippen LogP contribution in [-0.4, -0.2) is 34.3 Å². The molecule has 1 aliphatic carbocycles. The third-order valence-corrected chi connectivity index (χ3v) is 8.91. The van der Waals surface area contributed by atoms with E-state index in [2.05, 4.69) is 10.3 Å². The van der Waals surface area contributed by atoms with Crippen molar-refractivity contribution < 1.29 is 14.3 Å². The van der Waals surface area contributed by atoms with Crippen molar-refractivity contribution in [2.24, 2.45) is 16.6 Å². The Morgan fingerprint density at radius 1 is 0.977 bits per heavy atom. The maximum Gasteiger partial charge on any atom is 0.251 e. The minimum Gasteiger partial charge on any atom is -0.493 e. The smallest absolute Gasteiger partial charge is 0.251 e. The molecule has 0 radical (unpaired) electrons. The monoisotopic (exact) mass is 585 g/mol. The second-order valence-electron chi connectivity index (χ2n) is 12.0. The van der Waals surface area contributed by atoms with Crippen molar-refractivity contribution in [1.29, 1.82) is 0 Å². The molecule has 44 heavy (non-hydrogen) atoms. The summed E-state index contributed by atoms with van der Waals surface area (Å²) in [4.78, 5) is 38.9. The van der Waals surface area contributed by atoms with Crippen molar-refractivity contribution in [3.63, 3.8) is 0 Å². The number of pyridine rings is 1. The third-order valence-electron chi connectivity index (χ3n) is 8.91. The first kappa shape index (κ1) is 27.8. The molecule has 1 fully saturated rings. The van der Waals surface area contributed by atoms with Crippen LogP contribution in [0.4, 0.5) is 0 Å². The number of fused-ring (bicyclic) bond motifs is 1. The van der Waals surface area contributed by atoms with Crippen LogP contribution in [0.15, 0.2) is 108 Å². The van der Waals surface area contributed by atoms with Gasteiger partial charge in [-0.05, 0) is 53.3 Å². The molecule has 0 spiro atoms. The Bertz CT molecular complexity index is 1710. The van der Waals surface area contributed by atoms with Gasteiger partial charge in [0.15, 0.2) is 5.96 Å². The van der Waals surface area contributed by atoms with Gasteiger partial charge in [-0.2, -0.15) is 0 Å². The number of carbonyl (C=O) groups excluding carboxylic acids is 2. The number of guanidine groups is 1. The van der Waals surface area contributed by atoms with Gasteiger partial charge in [-0.1, -0.05) is 79.6 Å². The van der Waals surface area contributed by atoms with Crippen molar-refractivity contribution in [2.45, 2.75) is 49.7 Å². The maximum atomic E-state index is 14.2. The van der Waals surface area contributed by atoms with Crippen LogP contribution in [-0.2, 0) is 10.3 Å². The molecule has 3 aliphatic rings. The lowest BCUT2D eigenvalue weighted by molar-refractivity contribution is -0.131. The highest BCUT2D eigenvalue weighted by Gasteiger charge is 2.46. The number of hydrogen-bond donors (Lipinski definition) is 2. The van der Waals surface area contributed by atoms with Gasteiger partial charge in [-0.3, -0.25) is 19.5 Å². The SMILES string of the molecule is NC1=N[C@@](CC2CC2)(c2ccccc2)CC(=O)N1[C@H](c1cccnc1)c1cccc(C(=O)N[C@H]2CCOc3ccccc32)c1. The van der Waals surface area contributed by atoms with Gasteiger partial charge in [0.25, 0.3) is 5.91 Å². The molecule has 4 aromatic rings. The first-order chi connectivity index (χ1) is 21.5. The zero-order valence-electron chi connectivity index (χ0n) is 24.4. The number of nitrogens with one attached hydrogen (secondary N) is 1. The van der Waals surface area contributed by atoms with Crippen LogP contribution in [0.3, 0.4) is 0 Å². The Labute approximate surface area is 257 Å². The predicted octanol–water partition coefficient (Wildman–Crippen LogP) is 5.67. The third kappa shape index (κ3) is 5.43. The summed E-state index contributed by atoms with van der Waals surface area (Å²) in [6.07, 6.45) is 7.42. The van der Waals surface area contributed by atoms with Crippen LogP contribution in [0.2, 0.25) is 0 Å². The summed E-state index contributed by atoms with van der Waals surface area (Å²) in [6, 6.07) is 28.2. The molecule has 7 rings (SSSR count). The second kappa shape index (κ2) is 11.6. The number of benzene rings is 3. The van der Waals surface area contributed by atoms with E-state index in [4.69, 9.17) is 15.5 Å². The number of nitrogens with zero attached hydrogens (tertiary/aromatic N) is 3. The molecule has 222 valence electrons. The number of nitrogens with two attached hydrogens (primary N) is 1. The highest BCUT2D eigenvalue weighted by molar-refractivity contribution is 6.00. The Morgan fingerprint density at radius 2 is 1.77 bits per heavy atom. The Kier molecular flexibility index (Phi) is 7.34. The van der Waals surface area contributed by atoms with Crippen molar-refractivity contribution in [2.75, 3.05) is 6.61 Å². The highest BCUT2D eigenvalue weighted by atomic mass is 16.5. The largest absolute Gasteiger partial charge is 0.493 e. The van der Waals surface area contributed by atoms with E-state index in [1.54, 1.807) is 23.4 Å². The fourth-order valence-electron chi connectivity index (χ4n) is 6.61. The lowest BCUT2D eigenvalue weighted by Gasteiger charge is -2.41. The highest BCUT2D eigenvalue weighted by Crippen LogP contribution is 2.47. The number of aromatic nitrogens is 1. The summed E-state index contributed by atoms with van der Waals surface area (Å²) in [5.74, 6) is 1.20. The second-order valence-corrected chi connectivity index (χ2v) is 12.0.